The molecule has 1 fully saturated rings. The van der Waals surface area contributed by atoms with Crippen molar-refractivity contribution in [1.82, 2.24) is 0 Å². The van der Waals surface area contributed by atoms with Crippen LogP contribution in [-0.2, 0) is 0 Å². The Labute approximate surface area is 96.9 Å². The van der Waals surface area contributed by atoms with Crippen molar-refractivity contribution in [3.63, 3.8) is 0 Å². The topological polar surface area (TPSA) is 49.5 Å². The summed E-state index contributed by atoms with van der Waals surface area (Å²) in [5.74, 6) is 0. The summed E-state index contributed by atoms with van der Waals surface area (Å²) in [6.45, 7) is 2.73. The third-order valence-electron chi connectivity index (χ3n) is 3.18. The molecule has 1 heterocycles. The maximum Gasteiger partial charge on any atom is 0.0822 e. The van der Waals surface area contributed by atoms with Gasteiger partial charge in [-0.25, -0.2) is 0 Å². The molecule has 16 heavy (non-hydrogen) atoms. The van der Waals surface area contributed by atoms with Crippen molar-refractivity contribution in [3.8, 4) is 0 Å². The lowest BCUT2D eigenvalue weighted by Crippen LogP contribution is -2.20. The average molecular weight is 220 g/mol. The first-order chi connectivity index (χ1) is 7.83. The second-order valence-corrected chi connectivity index (χ2v) is 4.35. The van der Waals surface area contributed by atoms with Crippen LogP contribution in [0.4, 0.5) is 5.69 Å². The Kier molecular flexibility index (Phi) is 3.80. The average Bonchev–Trinajstić information content (AvgIpc) is 2.83. The van der Waals surface area contributed by atoms with Crippen LogP contribution in [0.5, 0.6) is 0 Å². The van der Waals surface area contributed by atoms with Crippen LogP contribution in [0.15, 0.2) is 24.3 Å². The molecular weight excluding hydrogens is 200 g/mol. The smallest absolute Gasteiger partial charge is 0.0822 e. The van der Waals surface area contributed by atoms with E-state index in [4.69, 9.17) is 5.73 Å². The van der Waals surface area contributed by atoms with Crippen molar-refractivity contribution in [2.45, 2.75) is 25.4 Å². The second-order valence-electron chi connectivity index (χ2n) is 4.35. The van der Waals surface area contributed by atoms with Crippen LogP contribution in [0.25, 0.3) is 0 Å². The Morgan fingerprint density at radius 3 is 2.62 bits per heavy atom. The van der Waals surface area contributed by atoms with E-state index in [1.54, 1.807) is 0 Å². The highest BCUT2D eigenvalue weighted by atomic mass is 16.3. The van der Waals surface area contributed by atoms with E-state index in [9.17, 15) is 5.11 Å². The van der Waals surface area contributed by atoms with Gasteiger partial charge in [0.1, 0.15) is 0 Å². The summed E-state index contributed by atoms with van der Waals surface area (Å²) >= 11 is 0. The number of hydrogen-bond donors (Lipinski definition) is 2. The molecule has 88 valence electrons. The molecule has 0 aliphatic carbocycles. The highest BCUT2D eigenvalue weighted by Crippen LogP contribution is 2.30. The van der Waals surface area contributed by atoms with Crippen LogP contribution in [-0.4, -0.2) is 24.7 Å². The van der Waals surface area contributed by atoms with Crippen molar-refractivity contribution >= 4 is 5.69 Å². The molecule has 0 spiro atoms. The van der Waals surface area contributed by atoms with E-state index < -0.39 is 6.10 Å². The lowest BCUT2D eigenvalue weighted by Gasteiger charge is -2.23. The monoisotopic (exact) mass is 220 g/mol. The maximum atomic E-state index is 10.1. The molecule has 1 unspecified atom stereocenters. The van der Waals surface area contributed by atoms with Crippen molar-refractivity contribution in [1.29, 1.82) is 0 Å². The molecule has 1 aromatic carbocycles. The molecule has 2 rings (SSSR count). The van der Waals surface area contributed by atoms with Gasteiger partial charge in [0, 0.05) is 24.3 Å². The Morgan fingerprint density at radius 2 is 1.94 bits per heavy atom. The SMILES string of the molecule is NCCC(O)c1ccccc1N1CCCC1. The number of rotatable bonds is 4. The number of nitrogens with two attached hydrogens (primary N) is 1. The second kappa shape index (κ2) is 5.32. The molecule has 0 aromatic heterocycles. The van der Waals surface area contributed by atoms with E-state index in [1.165, 1.54) is 18.5 Å². The van der Waals surface area contributed by atoms with E-state index in [0.29, 0.717) is 13.0 Å². The predicted molar refractivity (Wildman–Crippen MR) is 66.5 cm³/mol. The lowest BCUT2D eigenvalue weighted by atomic mass is 10.0. The molecule has 1 aromatic rings. The van der Waals surface area contributed by atoms with E-state index >= 15 is 0 Å². The summed E-state index contributed by atoms with van der Waals surface area (Å²) < 4.78 is 0. The lowest BCUT2D eigenvalue weighted by molar-refractivity contribution is 0.170. The van der Waals surface area contributed by atoms with E-state index in [1.807, 2.05) is 18.2 Å². The molecule has 0 saturated carbocycles. The number of hydrogen-bond acceptors (Lipinski definition) is 3. The number of benzene rings is 1. The molecule has 1 aliphatic heterocycles. The van der Waals surface area contributed by atoms with Crippen molar-refractivity contribution < 1.29 is 5.11 Å². The third kappa shape index (κ3) is 2.36. The molecule has 0 radical (unpaired) electrons. The first-order valence-corrected chi connectivity index (χ1v) is 6.05. The van der Waals surface area contributed by atoms with Gasteiger partial charge in [-0.1, -0.05) is 18.2 Å². The fourth-order valence-corrected chi connectivity index (χ4v) is 2.33. The zero-order valence-corrected chi connectivity index (χ0v) is 9.60. The van der Waals surface area contributed by atoms with Crippen LogP contribution >= 0.6 is 0 Å². The number of nitrogens with zero attached hydrogens (tertiary/aromatic N) is 1. The summed E-state index contributed by atoms with van der Waals surface area (Å²) in [5, 5.41) is 10.1. The van der Waals surface area contributed by atoms with Crippen LogP contribution in [0, 0.1) is 0 Å². The van der Waals surface area contributed by atoms with Gasteiger partial charge in [0.15, 0.2) is 0 Å². The molecule has 1 saturated heterocycles. The van der Waals surface area contributed by atoms with E-state index in [-0.39, 0.29) is 0 Å². The van der Waals surface area contributed by atoms with Crippen molar-refractivity contribution in [3.05, 3.63) is 29.8 Å². The molecule has 3 N–H and O–H groups in total. The Hall–Kier alpha value is -1.06. The summed E-state index contributed by atoms with van der Waals surface area (Å²) in [6, 6.07) is 8.12. The van der Waals surface area contributed by atoms with Gasteiger partial charge in [-0.05, 0) is 31.9 Å². The molecule has 1 atom stereocenters. The van der Waals surface area contributed by atoms with Crippen LogP contribution < -0.4 is 10.6 Å². The zero-order valence-electron chi connectivity index (χ0n) is 9.60. The van der Waals surface area contributed by atoms with Gasteiger partial charge in [0.2, 0.25) is 0 Å². The highest BCUT2D eigenvalue weighted by Gasteiger charge is 2.18. The predicted octanol–water partition coefficient (Wildman–Crippen LogP) is 1.67. The summed E-state index contributed by atoms with van der Waals surface area (Å²) in [7, 11) is 0. The first-order valence-electron chi connectivity index (χ1n) is 6.05. The normalized spacial score (nSPS) is 17.8. The van der Waals surface area contributed by atoms with E-state index in [2.05, 4.69) is 11.0 Å². The molecule has 0 amide bonds. The fraction of sp³-hybridized carbons (Fsp3) is 0.538. The molecule has 3 nitrogen and oxygen atoms in total. The standard InChI is InChI=1S/C13H20N2O/c14-8-7-13(16)11-5-1-2-6-12(11)15-9-3-4-10-15/h1-2,5-6,13,16H,3-4,7-10,14H2. The largest absolute Gasteiger partial charge is 0.388 e. The maximum absolute atomic E-state index is 10.1. The van der Waals surface area contributed by atoms with Crippen LogP contribution in [0.1, 0.15) is 30.9 Å². The van der Waals surface area contributed by atoms with Gasteiger partial charge >= 0.3 is 0 Å². The number of anilines is 1. The Bertz CT molecular complexity index is 334. The molecule has 1 aliphatic rings. The van der Waals surface area contributed by atoms with Crippen molar-refractivity contribution in [2.75, 3.05) is 24.5 Å². The molecular formula is C13H20N2O. The van der Waals surface area contributed by atoms with Gasteiger partial charge in [-0.3, -0.25) is 0 Å². The van der Waals surface area contributed by atoms with Crippen LogP contribution in [0.3, 0.4) is 0 Å². The Morgan fingerprint density at radius 1 is 1.25 bits per heavy atom. The van der Waals surface area contributed by atoms with Crippen molar-refractivity contribution in [2.24, 2.45) is 5.73 Å². The minimum atomic E-state index is -0.429. The molecule has 0 bridgehead atoms. The number of para-hydroxylation sites is 1. The van der Waals surface area contributed by atoms with E-state index in [0.717, 1.165) is 18.7 Å². The summed E-state index contributed by atoms with van der Waals surface area (Å²) in [6.07, 6.45) is 2.70. The summed E-state index contributed by atoms with van der Waals surface area (Å²) in [5.41, 5.74) is 7.70. The van der Waals surface area contributed by atoms with Gasteiger partial charge < -0.3 is 15.7 Å². The first kappa shape index (κ1) is 11.4. The minimum absolute atomic E-state index is 0.429. The van der Waals surface area contributed by atoms with Gasteiger partial charge in [-0.15, -0.1) is 0 Å². The number of aliphatic hydroxyl groups excluding tert-OH is 1. The zero-order chi connectivity index (χ0) is 11.4. The molecule has 3 heteroatoms. The minimum Gasteiger partial charge on any atom is -0.388 e. The fourth-order valence-electron chi connectivity index (χ4n) is 2.33. The van der Waals surface area contributed by atoms with Crippen LogP contribution in [0.2, 0.25) is 0 Å². The number of aliphatic hydroxyl groups is 1. The third-order valence-corrected chi connectivity index (χ3v) is 3.18. The van der Waals surface area contributed by atoms with Gasteiger partial charge in [0.05, 0.1) is 6.10 Å². The quantitative estimate of drug-likeness (QED) is 0.811. The van der Waals surface area contributed by atoms with Gasteiger partial charge in [-0.2, -0.15) is 0 Å². The Balaban J connectivity index is 2.22. The summed E-state index contributed by atoms with van der Waals surface area (Å²) in [4.78, 5) is 2.36. The van der Waals surface area contributed by atoms with Gasteiger partial charge in [0.25, 0.3) is 0 Å². The highest BCUT2D eigenvalue weighted by molar-refractivity contribution is 5.55.